The predicted molar refractivity (Wildman–Crippen MR) is 76.4 cm³/mol. The first-order chi connectivity index (χ1) is 8.40. The zero-order valence-electron chi connectivity index (χ0n) is 11.1. The first-order valence-electron chi connectivity index (χ1n) is 5.86. The van der Waals surface area contributed by atoms with Crippen molar-refractivity contribution in [2.75, 3.05) is 6.54 Å². The van der Waals surface area contributed by atoms with Gasteiger partial charge in [-0.25, -0.2) is 0 Å². The second kappa shape index (κ2) is 6.50. The van der Waals surface area contributed by atoms with E-state index in [2.05, 4.69) is 0 Å². The maximum atomic E-state index is 11.7. The third-order valence-electron chi connectivity index (χ3n) is 2.13. The van der Waals surface area contributed by atoms with E-state index in [1.807, 2.05) is 51.1 Å². The molecular formula is C14H19NO2S. The summed E-state index contributed by atoms with van der Waals surface area (Å²) in [5.74, 6) is -0.264. The van der Waals surface area contributed by atoms with Crippen LogP contribution < -0.4 is 0 Å². The van der Waals surface area contributed by atoms with Gasteiger partial charge in [0.15, 0.2) is 0 Å². The number of rotatable bonds is 5. The van der Waals surface area contributed by atoms with Crippen molar-refractivity contribution in [1.29, 1.82) is 0 Å². The van der Waals surface area contributed by atoms with Crippen LogP contribution in [0.25, 0.3) is 0 Å². The molecule has 0 spiro atoms. The normalized spacial score (nSPS) is 10.8. The number of esters is 1. The number of carbonyl (C=O) groups is 1. The van der Waals surface area contributed by atoms with E-state index >= 15 is 0 Å². The SMILES string of the molecule is CC(C)(C)OC(=O)CN(C=S)Cc1ccccc1. The quantitative estimate of drug-likeness (QED) is 0.605. The Morgan fingerprint density at radius 2 is 1.94 bits per heavy atom. The van der Waals surface area contributed by atoms with Crippen LogP contribution in [0.4, 0.5) is 0 Å². The molecule has 0 bridgehead atoms. The highest BCUT2D eigenvalue weighted by atomic mass is 32.1. The van der Waals surface area contributed by atoms with Gasteiger partial charge in [-0.2, -0.15) is 0 Å². The zero-order chi connectivity index (χ0) is 13.6. The maximum absolute atomic E-state index is 11.7. The van der Waals surface area contributed by atoms with Crippen LogP contribution in [0.5, 0.6) is 0 Å². The third-order valence-corrected chi connectivity index (χ3v) is 2.43. The molecule has 1 aromatic carbocycles. The summed E-state index contributed by atoms with van der Waals surface area (Å²) in [5, 5.41) is 0. The summed E-state index contributed by atoms with van der Waals surface area (Å²) >= 11 is 4.93. The number of thiocarbonyl (C=S) groups is 1. The Labute approximate surface area is 114 Å². The fraction of sp³-hybridized carbons (Fsp3) is 0.429. The molecule has 1 rings (SSSR count). The van der Waals surface area contributed by atoms with Gasteiger partial charge >= 0.3 is 5.97 Å². The van der Waals surface area contributed by atoms with Gasteiger partial charge < -0.3 is 9.64 Å². The summed E-state index contributed by atoms with van der Waals surface area (Å²) in [4.78, 5) is 13.5. The molecule has 0 fully saturated rings. The van der Waals surface area contributed by atoms with E-state index in [9.17, 15) is 4.79 Å². The highest BCUT2D eigenvalue weighted by Gasteiger charge is 2.17. The van der Waals surface area contributed by atoms with Gasteiger partial charge in [0.05, 0.1) is 5.49 Å². The Morgan fingerprint density at radius 1 is 1.33 bits per heavy atom. The topological polar surface area (TPSA) is 29.5 Å². The van der Waals surface area contributed by atoms with Crippen molar-refractivity contribution in [2.45, 2.75) is 32.9 Å². The van der Waals surface area contributed by atoms with Crippen molar-refractivity contribution >= 4 is 23.7 Å². The van der Waals surface area contributed by atoms with Crippen molar-refractivity contribution in [3.05, 3.63) is 35.9 Å². The van der Waals surface area contributed by atoms with Crippen molar-refractivity contribution in [1.82, 2.24) is 4.90 Å². The molecule has 0 N–H and O–H groups in total. The molecule has 0 saturated carbocycles. The molecule has 98 valence electrons. The van der Waals surface area contributed by atoms with Crippen LogP contribution in [0.1, 0.15) is 26.3 Å². The van der Waals surface area contributed by atoms with Crippen LogP contribution in [0.2, 0.25) is 0 Å². The van der Waals surface area contributed by atoms with Gasteiger partial charge in [0.2, 0.25) is 0 Å². The first-order valence-corrected chi connectivity index (χ1v) is 6.33. The van der Waals surface area contributed by atoms with Crippen LogP contribution in [-0.2, 0) is 16.1 Å². The molecule has 1 aromatic rings. The molecule has 0 amide bonds. The van der Waals surface area contributed by atoms with Crippen molar-refractivity contribution < 1.29 is 9.53 Å². The van der Waals surface area contributed by atoms with E-state index in [4.69, 9.17) is 17.0 Å². The van der Waals surface area contributed by atoms with Crippen molar-refractivity contribution in [2.24, 2.45) is 0 Å². The van der Waals surface area contributed by atoms with Crippen molar-refractivity contribution in [3.63, 3.8) is 0 Å². The number of carbonyl (C=O) groups excluding carboxylic acids is 1. The summed E-state index contributed by atoms with van der Waals surface area (Å²) in [6.07, 6.45) is 0. The fourth-order valence-electron chi connectivity index (χ4n) is 1.49. The summed E-state index contributed by atoms with van der Waals surface area (Å²) in [6, 6.07) is 9.88. The van der Waals surface area contributed by atoms with Crippen LogP contribution >= 0.6 is 12.2 Å². The molecule has 0 heterocycles. The molecule has 0 saturated heterocycles. The molecule has 0 aromatic heterocycles. The number of benzene rings is 1. The van der Waals surface area contributed by atoms with E-state index in [1.165, 1.54) is 5.49 Å². The lowest BCUT2D eigenvalue weighted by Crippen LogP contribution is -2.33. The van der Waals surface area contributed by atoms with E-state index in [0.717, 1.165) is 5.56 Å². The highest BCUT2D eigenvalue weighted by molar-refractivity contribution is 7.78. The lowest BCUT2D eigenvalue weighted by Gasteiger charge is -2.23. The van der Waals surface area contributed by atoms with Crippen molar-refractivity contribution in [3.8, 4) is 0 Å². The van der Waals surface area contributed by atoms with Gasteiger partial charge in [-0.3, -0.25) is 4.79 Å². The van der Waals surface area contributed by atoms with Gasteiger partial charge in [-0.1, -0.05) is 42.5 Å². The second-order valence-corrected chi connectivity index (χ2v) is 5.29. The lowest BCUT2D eigenvalue weighted by atomic mass is 10.2. The first kappa shape index (κ1) is 14.6. The van der Waals surface area contributed by atoms with E-state index in [-0.39, 0.29) is 12.5 Å². The maximum Gasteiger partial charge on any atom is 0.326 e. The Kier molecular flexibility index (Phi) is 5.28. The number of hydrogen-bond donors (Lipinski definition) is 0. The monoisotopic (exact) mass is 265 g/mol. The van der Waals surface area contributed by atoms with E-state index in [1.54, 1.807) is 4.90 Å². The molecule has 0 unspecified atom stereocenters. The van der Waals surface area contributed by atoms with Gasteiger partial charge in [0, 0.05) is 6.54 Å². The molecule has 0 aliphatic heterocycles. The average molecular weight is 265 g/mol. The Bertz CT molecular complexity index is 398. The summed E-state index contributed by atoms with van der Waals surface area (Å²) < 4.78 is 5.26. The Morgan fingerprint density at radius 3 is 2.44 bits per heavy atom. The van der Waals surface area contributed by atoms with Crippen LogP contribution in [0.3, 0.4) is 0 Å². The minimum atomic E-state index is -0.461. The Balaban J connectivity index is 2.53. The second-order valence-electron chi connectivity index (χ2n) is 5.08. The summed E-state index contributed by atoms with van der Waals surface area (Å²) in [6.45, 7) is 6.34. The highest BCUT2D eigenvalue weighted by Crippen LogP contribution is 2.08. The zero-order valence-corrected chi connectivity index (χ0v) is 11.9. The molecular weight excluding hydrogens is 246 g/mol. The molecule has 3 nitrogen and oxygen atoms in total. The summed E-state index contributed by atoms with van der Waals surface area (Å²) in [5.41, 5.74) is 2.15. The standard InChI is InChI=1S/C14H19NO2S/c1-14(2,3)17-13(16)10-15(11-18)9-12-7-5-4-6-8-12/h4-8,11H,9-10H2,1-3H3. The van der Waals surface area contributed by atoms with Crippen LogP contribution in [-0.4, -0.2) is 28.5 Å². The number of nitrogens with zero attached hydrogens (tertiary/aromatic N) is 1. The molecule has 0 radical (unpaired) electrons. The number of ether oxygens (including phenoxy) is 1. The molecule has 0 aliphatic carbocycles. The van der Waals surface area contributed by atoms with Gasteiger partial charge in [0.1, 0.15) is 12.1 Å². The average Bonchev–Trinajstić information content (AvgIpc) is 2.27. The van der Waals surface area contributed by atoms with Crippen LogP contribution in [0.15, 0.2) is 30.3 Å². The minimum absolute atomic E-state index is 0.176. The third kappa shape index (κ3) is 5.77. The molecule has 0 atom stereocenters. The molecule has 18 heavy (non-hydrogen) atoms. The predicted octanol–water partition coefficient (Wildman–Crippen LogP) is 2.79. The minimum Gasteiger partial charge on any atom is -0.459 e. The molecule has 0 aliphatic rings. The van der Waals surface area contributed by atoms with Gasteiger partial charge in [-0.05, 0) is 26.3 Å². The number of hydrogen-bond acceptors (Lipinski definition) is 3. The Hall–Kier alpha value is -1.42. The lowest BCUT2D eigenvalue weighted by molar-refractivity contribution is -0.155. The van der Waals surface area contributed by atoms with Gasteiger partial charge in [-0.15, -0.1) is 0 Å². The smallest absolute Gasteiger partial charge is 0.326 e. The molecule has 4 heteroatoms. The van der Waals surface area contributed by atoms with E-state index < -0.39 is 5.60 Å². The summed E-state index contributed by atoms with van der Waals surface area (Å²) in [7, 11) is 0. The fourth-order valence-corrected chi connectivity index (χ4v) is 1.64. The van der Waals surface area contributed by atoms with Crippen LogP contribution in [0, 0.1) is 0 Å². The largest absolute Gasteiger partial charge is 0.459 e. The van der Waals surface area contributed by atoms with E-state index in [0.29, 0.717) is 6.54 Å². The van der Waals surface area contributed by atoms with Gasteiger partial charge in [0.25, 0.3) is 0 Å².